The molecule has 2 atom stereocenters. The van der Waals surface area contributed by atoms with Gasteiger partial charge < -0.3 is 14.5 Å². The molecule has 4 rings (SSSR count). The maximum atomic E-state index is 13.0. The molecular weight excluding hydrogens is 354 g/mol. The van der Waals surface area contributed by atoms with Crippen molar-refractivity contribution in [3.05, 3.63) is 42.1 Å². The maximum absolute atomic E-state index is 13.0. The summed E-state index contributed by atoms with van der Waals surface area (Å²) >= 11 is 0. The number of nitrogens with zero attached hydrogens (tertiary/aromatic N) is 3. The minimum absolute atomic E-state index is 0.0675. The Kier molecular flexibility index (Phi) is 5.06. The fourth-order valence-corrected chi connectivity index (χ4v) is 4.65. The molecule has 148 valence electrons. The fourth-order valence-electron chi connectivity index (χ4n) is 4.65. The molecule has 2 amide bonds. The summed E-state index contributed by atoms with van der Waals surface area (Å²) in [5.41, 5.74) is 1.60. The van der Waals surface area contributed by atoms with Gasteiger partial charge >= 0.3 is 0 Å². The van der Waals surface area contributed by atoms with Crippen LogP contribution in [-0.2, 0) is 9.53 Å². The van der Waals surface area contributed by atoms with Crippen molar-refractivity contribution in [3.63, 3.8) is 0 Å². The first kappa shape index (κ1) is 18.9. The highest BCUT2D eigenvalue weighted by atomic mass is 16.5. The molecule has 0 saturated carbocycles. The van der Waals surface area contributed by atoms with Gasteiger partial charge in [0.05, 0.1) is 11.6 Å². The number of amides is 2. The number of fused-ring (bicyclic) bond motifs is 1. The predicted octanol–water partition coefficient (Wildman–Crippen LogP) is 2.72. The van der Waals surface area contributed by atoms with E-state index >= 15 is 0 Å². The highest BCUT2D eigenvalue weighted by molar-refractivity contribution is 5.98. The topological polar surface area (TPSA) is 62.7 Å². The molecule has 2 aliphatic rings. The molecule has 2 aliphatic heterocycles. The minimum atomic E-state index is -0.331. The van der Waals surface area contributed by atoms with E-state index in [9.17, 15) is 9.59 Å². The Hall–Kier alpha value is -2.47. The SMILES string of the molecule is CO[C@H]1C(=O)N(C(C)C)[C@H]1C1CCN(C(=O)c2ccc3ncccc3c2)CC1. The van der Waals surface area contributed by atoms with E-state index in [2.05, 4.69) is 4.98 Å². The van der Waals surface area contributed by atoms with Gasteiger partial charge in [0.2, 0.25) is 0 Å². The van der Waals surface area contributed by atoms with Crippen LogP contribution in [0.2, 0.25) is 0 Å². The molecular formula is C22H27N3O3. The van der Waals surface area contributed by atoms with Crippen LogP contribution in [0.3, 0.4) is 0 Å². The molecule has 3 heterocycles. The smallest absolute Gasteiger partial charge is 0.254 e. The number of carbonyl (C=O) groups is 2. The molecule has 2 aromatic rings. The summed E-state index contributed by atoms with van der Waals surface area (Å²) in [4.78, 5) is 33.4. The fraction of sp³-hybridized carbons (Fsp3) is 0.500. The second kappa shape index (κ2) is 7.51. The van der Waals surface area contributed by atoms with Crippen molar-refractivity contribution in [1.29, 1.82) is 0 Å². The highest BCUT2D eigenvalue weighted by Crippen LogP contribution is 2.36. The van der Waals surface area contributed by atoms with Crippen LogP contribution < -0.4 is 0 Å². The quantitative estimate of drug-likeness (QED) is 0.764. The molecule has 2 fully saturated rings. The number of likely N-dealkylation sites (tertiary alicyclic amines) is 2. The number of ether oxygens (including phenoxy) is 1. The largest absolute Gasteiger partial charge is 0.369 e. The average Bonchev–Trinajstić information content (AvgIpc) is 2.71. The molecule has 2 saturated heterocycles. The first-order chi connectivity index (χ1) is 13.5. The molecule has 6 heteroatoms. The zero-order chi connectivity index (χ0) is 19.8. The van der Waals surface area contributed by atoms with Crippen molar-refractivity contribution >= 4 is 22.7 Å². The average molecular weight is 381 g/mol. The van der Waals surface area contributed by atoms with E-state index < -0.39 is 0 Å². The third-order valence-corrected chi connectivity index (χ3v) is 6.10. The van der Waals surface area contributed by atoms with Crippen LogP contribution in [0.1, 0.15) is 37.0 Å². The zero-order valence-electron chi connectivity index (χ0n) is 16.7. The molecule has 0 unspecified atom stereocenters. The van der Waals surface area contributed by atoms with Gasteiger partial charge in [0.15, 0.2) is 6.10 Å². The van der Waals surface area contributed by atoms with E-state index in [-0.39, 0.29) is 30.0 Å². The van der Waals surface area contributed by atoms with Gasteiger partial charge in [-0.3, -0.25) is 14.6 Å². The van der Waals surface area contributed by atoms with Gasteiger partial charge in [-0.1, -0.05) is 6.07 Å². The maximum Gasteiger partial charge on any atom is 0.254 e. The normalized spacial score (nSPS) is 23.4. The number of benzene rings is 1. The second-order valence-corrected chi connectivity index (χ2v) is 8.03. The van der Waals surface area contributed by atoms with Crippen LogP contribution in [-0.4, -0.2) is 65.0 Å². The van der Waals surface area contributed by atoms with Crippen molar-refractivity contribution < 1.29 is 14.3 Å². The van der Waals surface area contributed by atoms with Crippen molar-refractivity contribution in [2.24, 2.45) is 5.92 Å². The van der Waals surface area contributed by atoms with Gasteiger partial charge in [-0.2, -0.15) is 0 Å². The summed E-state index contributed by atoms with van der Waals surface area (Å²) in [6.07, 6.45) is 3.21. The van der Waals surface area contributed by atoms with E-state index in [0.29, 0.717) is 24.6 Å². The van der Waals surface area contributed by atoms with E-state index in [1.165, 1.54) is 0 Å². The van der Waals surface area contributed by atoms with Crippen molar-refractivity contribution in [2.75, 3.05) is 20.2 Å². The second-order valence-electron chi connectivity index (χ2n) is 8.03. The van der Waals surface area contributed by atoms with E-state index in [0.717, 1.165) is 23.7 Å². The Morgan fingerprint density at radius 3 is 2.64 bits per heavy atom. The lowest BCUT2D eigenvalue weighted by Crippen LogP contribution is -2.70. The third-order valence-electron chi connectivity index (χ3n) is 6.10. The molecule has 6 nitrogen and oxygen atoms in total. The van der Waals surface area contributed by atoms with Crippen LogP contribution in [0.4, 0.5) is 0 Å². The summed E-state index contributed by atoms with van der Waals surface area (Å²) < 4.78 is 5.45. The minimum Gasteiger partial charge on any atom is -0.369 e. The summed E-state index contributed by atoms with van der Waals surface area (Å²) in [6, 6.07) is 9.84. The lowest BCUT2D eigenvalue weighted by atomic mass is 9.79. The first-order valence-corrected chi connectivity index (χ1v) is 10.00. The Labute approximate surface area is 165 Å². The van der Waals surface area contributed by atoms with E-state index in [1.54, 1.807) is 13.3 Å². The van der Waals surface area contributed by atoms with Gasteiger partial charge in [0.25, 0.3) is 11.8 Å². The molecule has 0 radical (unpaired) electrons. The summed E-state index contributed by atoms with van der Waals surface area (Å²) in [7, 11) is 1.61. The van der Waals surface area contributed by atoms with Crippen LogP contribution >= 0.6 is 0 Å². The van der Waals surface area contributed by atoms with Crippen LogP contribution in [0.25, 0.3) is 10.9 Å². The lowest BCUT2D eigenvalue weighted by Gasteiger charge is -2.53. The lowest BCUT2D eigenvalue weighted by molar-refractivity contribution is -0.181. The highest BCUT2D eigenvalue weighted by Gasteiger charge is 2.52. The predicted molar refractivity (Wildman–Crippen MR) is 107 cm³/mol. The number of methoxy groups -OCH3 is 1. The number of piperidine rings is 1. The number of β-lactam (4-membered cyclic amide) rings is 1. The molecule has 1 aromatic carbocycles. The number of aromatic nitrogens is 1. The monoisotopic (exact) mass is 381 g/mol. The van der Waals surface area contributed by atoms with Gasteiger partial charge in [0.1, 0.15) is 0 Å². The Balaban J connectivity index is 1.43. The molecule has 1 aromatic heterocycles. The Morgan fingerprint density at radius 2 is 1.96 bits per heavy atom. The van der Waals surface area contributed by atoms with Gasteiger partial charge in [-0.05, 0) is 56.9 Å². The van der Waals surface area contributed by atoms with E-state index in [4.69, 9.17) is 4.74 Å². The third kappa shape index (κ3) is 3.15. The van der Waals surface area contributed by atoms with Crippen LogP contribution in [0, 0.1) is 5.92 Å². The molecule has 0 spiro atoms. The molecule has 28 heavy (non-hydrogen) atoms. The number of hydrogen-bond acceptors (Lipinski definition) is 4. The number of pyridine rings is 1. The number of carbonyl (C=O) groups excluding carboxylic acids is 2. The van der Waals surface area contributed by atoms with Crippen molar-refractivity contribution in [1.82, 2.24) is 14.8 Å². The number of rotatable bonds is 4. The Bertz CT molecular complexity index is 889. The summed E-state index contributed by atoms with van der Waals surface area (Å²) in [5, 5.41) is 0.978. The van der Waals surface area contributed by atoms with Crippen LogP contribution in [0.15, 0.2) is 36.5 Å². The van der Waals surface area contributed by atoms with Gasteiger partial charge in [0, 0.05) is 43.4 Å². The number of hydrogen-bond donors (Lipinski definition) is 0. The standard InChI is InChI=1S/C22H27N3O3/c1-14(2)25-19(20(28-3)22(25)27)15-8-11-24(12-9-15)21(26)17-6-7-18-16(13-17)5-4-10-23-18/h4-7,10,13-15,19-20H,8-9,11-12H2,1-3H3/t19-,20+/m0/s1. The van der Waals surface area contributed by atoms with Gasteiger partial charge in [-0.15, -0.1) is 0 Å². The first-order valence-electron chi connectivity index (χ1n) is 10.00. The van der Waals surface area contributed by atoms with Crippen molar-refractivity contribution in [2.45, 2.75) is 44.9 Å². The summed E-state index contributed by atoms with van der Waals surface area (Å²) in [6.45, 7) is 5.51. The van der Waals surface area contributed by atoms with Crippen LogP contribution in [0.5, 0.6) is 0 Å². The Morgan fingerprint density at radius 1 is 1.21 bits per heavy atom. The summed E-state index contributed by atoms with van der Waals surface area (Å²) in [5.74, 6) is 0.526. The van der Waals surface area contributed by atoms with Gasteiger partial charge in [-0.25, -0.2) is 0 Å². The van der Waals surface area contributed by atoms with E-state index in [1.807, 2.05) is 54.0 Å². The molecule has 0 bridgehead atoms. The zero-order valence-corrected chi connectivity index (χ0v) is 16.7. The molecule has 0 aliphatic carbocycles. The molecule has 0 N–H and O–H groups in total. The van der Waals surface area contributed by atoms with Crippen molar-refractivity contribution in [3.8, 4) is 0 Å².